The Kier molecular flexibility index (Phi) is 2.53. The van der Waals surface area contributed by atoms with Crippen LogP contribution in [0.25, 0.3) is 0 Å². The Morgan fingerprint density at radius 3 is 2.93 bits per heavy atom. The fraction of sp³-hybridized carbons (Fsp3) is 0.200. The van der Waals surface area contributed by atoms with E-state index in [1.807, 2.05) is 17.8 Å². The van der Waals surface area contributed by atoms with Gasteiger partial charge in [0.1, 0.15) is 12.4 Å². The summed E-state index contributed by atoms with van der Waals surface area (Å²) in [5.41, 5.74) is 6.22. The number of ether oxygens (including phenoxy) is 1. The molecule has 2 aromatic rings. The van der Waals surface area contributed by atoms with Crippen molar-refractivity contribution in [2.45, 2.75) is 6.61 Å². The van der Waals surface area contributed by atoms with E-state index in [0.717, 1.165) is 5.82 Å². The number of nitrogens with two attached hydrogens (primary N) is 1. The first-order valence-electron chi connectivity index (χ1n) is 4.57. The highest BCUT2D eigenvalue weighted by Gasteiger charge is 2.03. The second kappa shape index (κ2) is 4.00. The highest BCUT2D eigenvalue weighted by atomic mass is 16.5. The summed E-state index contributed by atoms with van der Waals surface area (Å²) in [6, 6.07) is 3.52. The summed E-state index contributed by atoms with van der Waals surface area (Å²) in [5.74, 6) is 1.28. The summed E-state index contributed by atoms with van der Waals surface area (Å²) in [7, 11) is 1.91. The molecule has 2 heterocycles. The first-order chi connectivity index (χ1) is 7.27. The van der Waals surface area contributed by atoms with Crippen LogP contribution in [0.15, 0.2) is 30.7 Å². The van der Waals surface area contributed by atoms with Crippen molar-refractivity contribution >= 4 is 5.69 Å². The van der Waals surface area contributed by atoms with Crippen LogP contribution in [0.1, 0.15) is 5.82 Å². The predicted octanol–water partition coefficient (Wildman–Crippen LogP) is 0.976. The molecule has 5 heteroatoms. The number of hydrogen-bond donors (Lipinski definition) is 1. The molecule has 0 aliphatic heterocycles. The molecule has 2 aromatic heterocycles. The van der Waals surface area contributed by atoms with Gasteiger partial charge < -0.3 is 15.0 Å². The molecule has 78 valence electrons. The number of nitrogen functional groups attached to an aromatic ring is 1. The Labute approximate surface area is 87.5 Å². The second-order valence-corrected chi connectivity index (χ2v) is 3.14. The lowest BCUT2D eigenvalue weighted by Gasteiger charge is -2.06. The second-order valence-electron chi connectivity index (χ2n) is 3.14. The standard InChI is InChI=1S/C10H12N4O/c1-14-6-5-12-9(14)7-15-10-8(11)3-2-4-13-10/h2-6H,7,11H2,1H3. The van der Waals surface area contributed by atoms with Crippen molar-refractivity contribution in [3.05, 3.63) is 36.5 Å². The summed E-state index contributed by atoms with van der Waals surface area (Å²) >= 11 is 0. The minimum atomic E-state index is 0.366. The first kappa shape index (κ1) is 9.51. The lowest BCUT2D eigenvalue weighted by molar-refractivity contribution is 0.282. The van der Waals surface area contributed by atoms with Gasteiger partial charge >= 0.3 is 0 Å². The molecule has 0 spiro atoms. The summed E-state index contributed by atoms with van der Waals surface area (Å²) in [6.45, 7) is 0.366. The molecule has 0 aliphatic rings. The van der Waals surface area contributed by atoms with Gasteiger partial charge in [-0.05, 0) is 12.1 Å². The monoisotopic (exact) mass is 204 g/mol. The van der Waals surface area contributed by atoms with Crippen molar-refractivity contribution < 1.29 is 4.74 Å². The molecule has 0 aromatic carbocycles. The zero-order valence-electron chi connectivity index (χ0n) is 8.42. The molecule has 0 aliphatic carbocycles. The van der Waals surface area contributed by atoms with Gasteiger partial charge in [-0.25, -0.2) is 9.97 Å². The maximum Gasteiger partial charge on any atom is 0.237 e. The van der Waals surface area contributed by atoms with Crippen molar-refractivity contribution in [2.24, 2.45) is 7.05 Å². The predicted molar refractivity (Wildman–Crippen MR) is 56.2 cm³/mol. The van der Waals surface area contributed by atoms with Crippen molar-refractivity contribution in [3.63, 3.8) is 0 Å². The normalized spacial score (nSPS) is 10.2. The lowest BCUT2D eigenvalue weighted by atomic mass is 10.4. The minimum absolute atomic E-state index is 0.366. The molecule has 0 radical (unpaired) electrons. The molecule has 2 rings (SSSR count). The number of rotatable bonds is 3. The minimum Gasteiger partial charge on any atom is -0.468 e. The van der Waals surface area contributed by atoms with Crippen molar-refractivity contribution in [3.8, 4) is 5.88 Å². The number of nitrogens with zero attached hydrogens (tertiary/aromatic N) is 3. The van der Waals surface area contributed by atoms with E-state index in [2.05, 4.69) is 9.97 Å². The van der Waals surface area contributed by atoms with E-state index in [1.54, 1.807) is 24.5 Å². The maximum absolute atomic E-state index is 5.68. The highest BCUT2D eigenvalue weighted by molar-refractivity contribution is 5.46. The van der Waals surface area contributed by atoms with E-state index in [4.69, 9.17) is 10.5 Å². The van der Waals surface area contributed by atoms with Gasteiger partial charge in [0.2, 0.25) is 5.88 Å². The molecule has 0 unspecified atom stereocenters. The van der Waals surface area contributed by atoms with Crippen molar-refractivity contribution in [2.75, 3.05) is 5.73 Å². The summed E-state index contributed by atoms with van der Waals surface area (Å²) in [5, 5.41) is 0. The molecule has 15 heavy (non-hydrogen) atoms. The molecule has 0 fully saturated rings. The van der Waals surface area contributed by atoms with Gasteiger partial charge in [0.05, 0.1) is 5.69 Å². The Morgan fingerprint density at radius 2 is 2.27 bits per heavy atom. The van der Waals surface area contributed by atoms with Crippen LogP contribution in [0, 0.1) is 0 Å². The Hall–Kier alpha value is -2.04. The smallest absolute Gasteiger partial charge is 0.237 e. The van der Waals surface area contributed by atoms with Crippen LogP contribution in [-0.4, -0.2) is 14.5 Å². The first-order valence-corrected chi connectivity index (χ1v) is 4.57. The molecule has 0 bridgehead atoms. The fourth-order valence-corrected chi connectivity index (χ4v) is 1.19. The Morgan fingerprint density at radius 1 is 1.40 bits per heavy atom. The molecular weight excluding hydrogens is 192 g/mol. The molecule has 0 amide bonds. The maximum atomic E-state index is 5.68. The van der Waals surface area contributed by atoms with Crippen LogP contribution in [-0.2, 0) is 13.7 Å². The summed E-state index contributed by atoms with van der Waals surface area (Å²) in [4.78, 5) is 8.15. The van der Waals surface area contributed by atoms with Crippen molar-refractivity contribution in [1.82, 2.24) is 14.5 Å². The van der Waals surface area contributed by atoms with Gasteiger partial charge in [0.25, 0.3) is 0 Å². The quantitative estimate of drug-likeness (QED) is 0.809. The number of anilines is 1. The Balaban J connectivity index is 2.06. The van der Waals surface area contributed by atoms with Gasteiger partial charge in [0, 0.05) is 25.6 Å². The number of aryl methyl sites for hydroxylation is 1. The van der Waals surface area contributed by atoms with Gasteiger partial charge in [0.15, 0.2) is 0 Å². The molecule has 5 nitrogen and oxygen atoms in total. The van der Waals surface area contributed by atoms with E-state index in [0.29, 0.717) is 18.2 Å². The van der Waals surface area contributed by atoms with Gasteiger partial charge in [-0.1, -0.05) is 0 Å². The lowest BCUT2D eigenvalue weighted by Crippen LogP contribution is -2.05. The fourth-order valence-electron chi connectivity index (χ4n) is 1.19. The van der Waals surface area contributed by atoms with Crippen LogP contribution >= 0.6 is 0 Å². The van der Waals surface area contributed by atoms with E-state index < -0.39 is 0 Å². The Bertz CT molecular complexity index is 452. The SMILES string of the molecule is Cn1ccnc1COc1ncccc1N. The zero-order chi connectivity index (χ0) is 10.7. The third-order valence-electron chi connectivity index (χ3n) is 2.06. The zero-order valence-corrected chi connectivity index (χ0v) is 8.42. The van der Waals surface area contributed by atoms with E-state index in [9.17, 15) is 0 Å². The van der Waals surface area contributed by atoms with Crippen LogP contribution < -0.4 is 10.5 Å². The summed E-state index contributed by atoms with van der Waals surface area (Å²) < 4.78 is 7.33. The van der Waals surface area contributed by atoms with Crippen LogP contribution in [0.5, 0.6) is 5.88 Å². The third kappa shape index (κ3) is 2.07. The highest BCUT2D eigenvalue weighted by Crippen LogP contribution is 2.16. The van der Waals surface area contributed by atoms with Gasteiger partial charge in [-0.15, -0.1) is 0 Å². The number of hydrogen-bond acceptors (Lipinski definition) is 4. The van der Waals surface area contributed by atoms with Crippen LogP contribution in [0.3, 0.4) is 0 Å². The van der Waals surface area contributed by atoms with Gasteiger partial charge in [-0.2, -0.15) is 0 Å². The molecule has 2 N–H and O–H groups in total. The number of imidazole rings is 1. The van der Waals surface area contributed by atoms with E-state index >= 15 is 0 Å². The summed E-state index contributed by atoms with van der Waals surface area (Å²) in [6.07, 6.45) is 5.23. The third-order valence-corrected chi connectivity index (χ3v) is 2.06. The molecule has 0 saturated carbocycles. The van der Waals surface area contributed by atoms with Crippen molar-refractivity contribution in [1.29, 1.82) is 0 Å². The van der Waals surface area contributed by atoms with E-state index in [1.165, 1.54) is 0 Å². The number of aromatic nitrogens is 3. The van der Waals surface area contributed by atoms with E-state index in [-0.39, 0.29) is 0 Å². The molecule has 0 atom stereocenters. The topological polar surface area (TPSA) is 66.0 Å². The average molecular weight is 204 g/mol. The van der Waals surface area contributed by atoms with Gasteiger partial charge in [-0.3, -0.25) is 0 Å². The molecular formula is C10H12N4O. The number of pyridine rings is 1. The van der Waals surface area contributed by atoms with Crippen LogP contribution in [0.4, 0.5) is 5.69 Å². The molecule has 0 saturated heterocycles. The largest absolute Gasteiger partial charge is 0.468 e. The average Bonchev–Trinajstić information content (AvgIpc) is 2.63. The van der Waals surface area contributed by atoms with Crippen LogP contribution in [0.2, 0.25) is 0 Å².